The van der Waals surface area contributed by atoms with Gasteiger partial charge >= 0.3 is 0 Å². The van der Waals surface area contributed by atoms with Crippen LogP contribution in [0, 0.1) is 0 Å². The van der Waals surface area contributed by atoms with Crippen LogP contribution in [0.25, 0.3) is 0 Å². The summed E-state index contributed by atoms with van der Waals surface area (Å²) in [4.78, 5) is 13.2. The fourth-order valence-electron chi connectivity index (χ4n) is 3.86. The van der Waals surface area contributed by atoms with Crippen LogP contribution in [0.3, 0.4) is 0 Å². The molecule has 0 spiro atoms. The summed E-state index contributed by atoms with van der Waals surface area (Å²) in [6.07, 6.45) is 5.77. The molecule has 2 fully saturated rings. The number of anilines is 2. The third-order valence-electron chi connectivity index (χ3n) is 5.51. The lowest BCUT2D eigenvalue weighted by Crippen LogP contribution is -2.26. The highest BCUT2D eigenvalue weighted by Gasteiger charge is 2.19. The third-order valence-corrected chi connectivity index (χ3v) is 6.03. The average molecular weight is 429 g/mol. The molecule has 2 heterocycles. The summed E-state index contributed by atoms with van der Waals surface area (Å²) in [5.41, 5.74) is 9.82. The summed E-state index contributed by atoms with van der Waals surface area (Å²) in [5.74, 6) is 0.948. The standard InChI is InChI=1S/C12H18N2OS.C11H14N2O/c1-16(15)14-12-4-2-10(3-5-12)11-6-8-13-9-7-11;12-10-5-3-9(4-6-10)8-13-7-1-2-11(13)14/h2-5,11,13-14H,6-9H2,1H3;3-6H,1-2,7-8,12H2. The van der Waals surface area contributed by atoms with Gasteiger partial charge in [-0.2, -0.15) is 0 Å². The molecule has 2 aliphatic rings. The normalized spacial score (nSPS) is 17.9. The van der Waals surface area contributed by atoms with E-state index in [1.807, 2.05) is 41.3 Å². The van der Waals surface area contributed by atoms with E-state index in [9.17, 15) is 9.00 Å². The van der Waals surface area contributed by atoms with Crippen LogP contribution < -0.4 is 15.8 Å². The number of nitrogens with one attached hydrogen (secondary N) is 2. The van der Waals surface area contributed by atoms with Gasteiger partial charge in [0, 0.05) is 37.1 Å². The molecule has 1 atom stereocenters. The van der Waals surface area contributed by atoms with Gasteiger partial charge in [0.1, 0.15) is 11.0 Å². The molecule has 2 saturated heterocycles. The molecule has 1 amide bonds. The second-order valence-corrected chi connectivity index (χ2v) is 8.98. The Bertz CT molecular complexity index is 833. The minimum absolute atomic E-state index is 0.266. The number of nitrogens with zero attached hydrogens (tertiary/aromatic N) is 1. The highest BCUT2D eigenvalue weighted by molar-refractivity contribution is 7.85. The van der Waals surface area contributed by atoms with E-state index >= 15 is 0 Å². The molecule has 0 radical (unpaired) electrons. The second-order valence-electron chi connectivity index (χ2n) is 7.86. The van der Waals surface area contributed by atoms with Gasteiger partial charge in [-0.1, -0.05) is 24.3 Å². The molecule has 2 aliphatic heterocycles. The molecule has 0 aliphatic carbocycles. The lowest BCUT2D eigenvalue weighted by Gasteiger charge is -2.23. The topological polar surface area (TPSA) is 87.5 Å². The predicted molar refractivity (Wildman–Crippen MR) is 124 cm³/mol. The Kier molecular flexibility index (Phi) is 8.28. The number of rotatable bonds is 5. The first-order chi connectivity index (χ1) is 14.5. The molecule has 2 aromatic rings. The van der Waals surface area contributed by atoms with E-state index in [1.165, 1.54) is 18.4 Å². The summed E-state index contributed by atoms with van der Waals surface area (Å²) in [6.45, 7) is 3.84. The monoisotopic (exact) mass is 428 g/mol. The van der Waals surface area contributed by atoms with Crippen LogP contribution in [0.1, 0.15) is 42.7 Å². The molecule has 1 unspecified atom stereocenters. The SMILES string of the molecule is CS(=O)Nc1ccc(C2CCNCC2)cc1.Nc1ccc(CN2CCCC2=O)cc1. The summed E-state index contributed by atoms with van der Waals surface area (Å²) in [5, 5.41) is 3.37. The van der Waals surface area contributed by atoms with Crippen molar-refractivity contribution < 1.29 is 9.00 Å². The van der Waals surface area contributed by atoms with Crippen molar-refractivity contribution in [1.29, 1.82) is 0 Å². The highest BCUT2D eigenvalue weighted by atomic mass is 32.2. The van der Waals surface area contributed by atoms with Crippen LogP contribution in [0.5, 0.6) is 0 Å². The molecule has 2 aromatic carbocycles. The highest BCUT2D eigenvalue weighted by Crippen LogP contribution is 2.26. The minimum Gasteiger partial charge on any atom is -0.399 e. The number of carbonyl (C=O) groups is 1. The predicted octanol–water partition coefficient (Wildman–Crippen LogP) is 3.25. The largest absolute Gasteiger partial charge is 0.399 e. The number of nitrogens with two attached hydrogens (primary N) is 1. The molecule has 4 N–H and O–H groups in total. The smallest absolute Gasteiger partial charge is 0.222 e. The Morgan fingerprint density at radius 1 is 1.10 bits per heavy atom. The number of benzene rings is 2. The van der Waals surface area contributed by atoms with E-state index in [-0.39, 0.29) is 5.91 Å². The summed E-state index contributed by atoms with van der Waals surface area (Å²) >= 11 is 0. The van der Waals surface area contributed by atoms with Crippen LogP contribution >= 0.6 is 0 Å². The molecule has 4 rings (SSSR count). The number of carbonyl (C=O) groups excluding carboxylic acids is 1. The van der Waals surface area contributed by atoms with Crippen LogP contribution in [0.4, 0.5) is 11.4 Å². The van der Waals surface area contributed by atoms with E-state index in [1.54, 1.807) is 6.26 Å². The van der Waals surface area contributed by atoms with Crippen molar-refractivity contribution in [3.05, 3.63) is 59.7 Å². The van der Waals surface area contributed by atoms with E-state index < -0.39 is 11.0 Å². The van der Waals surface area contributed by atoms with Crippen molar-refractivity contribution in [3.8, 4) is 0 Å². The van der Waals surface area contributed by atoms with E-state index in [2.05, 4.69) is 22.2 Å². The molecule has 7 heteroatoms. The Balaban J connectivity index is 0.000000172. The fraction of sp³-hybridized carbons (Fsp3) is 0.435. The van der Waals surface area contributed by atoms with Crippen molar-refractivity contribution in [2.24, 2.45) is 0 Å². The zero-order chi connectivity index (χ0) is 21.3. The van der Waals surface area contributed by atoms with Gasteiger partial charge in [0.2, 0.25) is 5.91 Å². The molecular weight excluding hydrogens is 396 g/mol. The zero-order valence-electron chi connectivity index (χ0n) is 17.6. The van der Waals surface area contributed by atoms with Crippen molar-refractivity contribution in [3.63, 3.8) is 0 Å². The Hall–Kier alpha value is -2.38. The van der Waals surface area contributed by atoms with Crippen molar-refractivity contribution in [1.82, 2.24) is 10.2 Å². The fourth-order valence-corrected chi connectivity index (χ4v) is 4.33. The third kappa shape index (κ3) is 6.85. The first-order valence-electron chi connectivity index (χ1n) is 10.5. The molecule has 0 aromatic heterocycles. The van der Waals surface area contributed by atoms with Gasteiger partial charge in [-0.15, -0.1) is 0 Å². The van der Waals surface area contributed by atoms with E-state index in [0.29, 0.717) is 12.3 Å². The summed E-state index contributed by atoms with van der Waals surface area (Å²) in [6, 6.07) is 16.0. The van der Waals surface area contributed by atoms with Crippen molar-refractivity contribution in [2.75, 3.05) is 36.3 Å². The maximum atomic E-state index is 11.3. The van der Waals surface area contributed by atoms with Gasteiger partial charge in [0.05, 0.1) is 0 Å². The Labute approximate surface area is 181 Å². The first-order valence-corrected chi connectivity index (χ1v) is 12.1. The zero-order valence-corrected chi connectivity index (χ0v) is 18.4. The molecular formula is C23H32N4O2S. The maximum absolute atomic E-state index is 11.3. The maximum Gasteiger partial charge on any atom is 0.222 e. The van der Waals surface area contributed by atoms with Crippen LogP contribution in [-0.4, -0.2) is 40.9 Å². The second kappa shape index (κ2) is 11.1. The molecule has 162 valence electrons. The number of piperidine rings is 1. The van der Waals surface area contributed by atoms with Gasteiger partial charge < -0.3 is 20.7 Å². The average Bonchev–Trinajstić information content (AvgIpc) is 3.15. The molecule has 0 saturated carbocycles. The van der Waals surface area contributed by atoms with E-state index in [0.717, 1.165) is 49.5 Å². The Morgan fingerprint density at radius 2 is 1.77 bits per heavy atom. The van der Waals surface area contributed by atoms with Gasteiger partial charge in [-0.25, -0.2) is 4.21 Å². The molecule has 0 bridgehead atoms. The van der Waals surface area contributed by atoms with Gasteiger partial charge in [-0.05, 0) is 73.7 Å². The molecule has 6 nitrogen and oxygen atoms in total. The van der Waals surface area contributed by atoms with Crippen LogP contribution in [0.15, 0.2) is 48.5 Å². The van der Waals surface area contributed by atoms with E-state index in [4.69, 9.17) is 5.73 Å². The van der Waals surface area contributed by atoms with Gasteiger partial charge in [0.15, 0.2) is 0 Å². The summed E-state index contributed by atoms with van der Waals surface area (Å²) in [7, 11) is -0.988. The summed E-state index contributed by atoms with van der Waals surface area (Å²) < 4.78 is 13.9. The van der Waals surface area contributed by atoms with Crippen LogP contribution in [0.2, 0.25) is 0 Å². The Morgan fingerprint density at radius 3 is 2.33 bits per heavy atom. The first kappa shape index (κ1) is 22.3. The van der Waals surface area contributed by atoms with Crippen molar-refractivity contribution >= 4 is 28.3 Å². The lowest BCUT2D eigenvalue weighted by molar-refractivity contribution is -0.128. The van der Waals surface area contributed by atoms with Gasteiger partial charge in [-0.3, -0.25) is 4.79 Å². The number of amides is 1. The number of hydrogen-bond donors (Lipinski definition) is 3. The quantitative estimate of drug-likeness (QED) is 0.638. The molecule has 30 heavy (non-hydrogen) atoms. The lowest BCUT2D eigenvalue weighted by atomic mass is 9.90. The minimum atomic E-state index is -0.988. The number of nitrogen functional groups attached to an aromatic ring is 1. The van der Waals surface area contributed by atoms with Crippen LogP contribution in [-0.2, 0) is 22.3 Å². The van der Waals surface area contributed by atoms with Gasteiger partial charge in [0.25, 0.3) is 0 Å². The number of likely N-dealkylation sites (tertiary alicyclic amines) is 1. The number of hydrogen-bond acceptors (Lipinski definition) is 4. The van der Waals surface area contributed by atoms with Crippen molar-refractivity contribution in [2.45, 2.75) is 38.1 Å².